The van der Waals surface area contributed by atoms with E-state index >= 15 is 0 Å². The fourth-order valence-corrected chi connectivity index (χ4v) is 2.53. The summed E-state index contributed by atoms with van der Waals surface area (Å²) in [6.45, 7) is 2.34. The molecule has 26 heavy (non-hydrogen) atoms. The fourth-order valence-electron chi connectivity index (χ4n) is 2.35. The van der Waals surface area contributed by atoms with Gasteiger partial charge in [-0.15, -0.1) is 0 Å². The number of nitrogens with one attached hydrogen (secondary N) is 2. The molecule has 0 radical (unpaired) electrons. The molecule has 0 saturated carbocycles. The zero-order valence-electron chi connectivity index (χ0n) is 14.0. The minimum absolute atomic E-state index is 0.0545. The van der Waals surface area contributed by atoms with Crippen molar-refractivity contribution in [1.29, 1.82) is 0 Å². The van der Waals surface area contributed by atoms with Gasteiger partial charge in [0.15, 0.2) is 12.4 Å². The molecule has 2 N–H and O–H groups in total. The summed E-state index contributed by atoms with van der Waals surface area (Å²) in [6, 6.07) is 13.5. The monoisotopic (exact) mass is 372 g/mol. The van der Waals surface area contributed by atoms with Gasteiger partial charge in [-0.25, -0.2) is 0 Å². The van der Waals surface area contributed by atoms with Gasteiger partial charge in [-0.2, -0.15) is 0 Å². The van der Waals surface area contributed by atoms with Crippen molar-refractivity contribution in [2.75, 3.05) is 18.5 Å². The molecule has 0 spiro atoms. The minimum Gasteiger partial charge on any atom is -0.484 e. The number of hydrogen-bond acceptors (Lipinski definition) is 4. The van der Waals surface area contributed by atoms with Gasteiger partial charge in [-0.3, -0.25) is 9.59 Å². The molecule has 1 aromatic heterocycles. The Labute approximate surface area is 155 Å². The van der Waals surface area contributed by atoms with Crippen molar-refractivity contribution in [3.63, 3.8) is 0 Å². The third-order valence-electron chi connectivity index (χ3n) is 3.56. The van der Waals surface area contributed by atoms with Crippen LogP contribution in [-0.2, 0) is 4.79 Å². The molecule has 6 nitrogen and oxygen atoms in total. The summed E-state index contributed by atoms with van der Waals surface area (Å²) in [6.07, 6.45) is 0. The third-order valence-corrected chi connectivity index (χ3v) is 3.79. The maximum absolute atomic E-state index is 12.3. The standard InChI is InChI=1S/C19H17ClN2O4/c1-2-21-18(23)11-25-15-6-4-14(5-7-15)22-19(24)17-10-12-9-13(20)3-8-16(12)26-17/h3-10H,2,11H2,1H3,(H,21,23)(H,22,24). The number of halogens is 1. The van der Waals surface area contributed by atoms with Crippen molar-refractivity contribution in [2.45, 2.75) is 6.92 Å². The predicted molar refractivity (Wildman–Crippen MR) is 99.8 cm³/mol. The Balaban J connectivity index is 1.62. The number of likely N-dealkylation sites (N-methyl/N-ethyl adjacent to an activating group) is 1. The van der Waals surface area contributed by atoms with Crippen LogP contribution in [0.3, 0.4) is 0 Å². The fraction of sp³-hybridized carbons (Fsp3) is 0.158. The van der Waals surface area contributed by atoms with Gasteiger partial charge in [0, 0.05) is 22.6 Å². The van der Waals surface area contributed by atoms with Gasteiger partial charge in [-0.05, 0) is 55.5 Å². The van der Waals surface area contributed by atoms with E-state index in [1.54, 1.807) is 48.5 Å². The summed E-state index contributed by atoms with van der Waals surface area (Å²) in [5.41, 5.74) is 1.17. The second-order valence-electron chi connectivity index (χ2n) is 5.51. The van der Waals surface area contributed by atoms with Gasteiger partial charge in [0.25, 0.3) is 11.8 Å². The van der Waals surface area contributed by atoms with Crippen molar-refractivity contribution in [3.8, 4) is 5.75 Å². The van der Waals surface area contributed by atoms with E-state index in [1.807, 2.05) is 6.92 Å². The van der Waals surface area contributed by atoms with Crippen LogP contribution in [0, 0.1) is 0 Å². The van der Waals surface area contributed by atoms with Gasteiger partial charge >= 0.3 is 0 Å². The zero-order chi connectivity index (χ0) is 18.5. The van der Waals surface area contributed by atoms with Crippen LogP contribution in [0.4, 0.5) is 5.69 Å². The molecule has 3 rings (SSSR count). The van der Waals surface area contributed by atoms with Crippen molar-refractivity contribution in [2.24, 2.45) is 0 Å². The zero-order valence-corrected chi connectivity index (χ0v) is 14.8. The Kier molecular flexibility index (Phi) is 5.43. The molecule has 0 unspecified atom stereocenters. The number of rotatable bonds is 6. The van der Waals surface area contributed by atoms with Gasteiger partial charge in [0.05, 0.1) is 0 Å². The van der Waals surface area contributed by atoms with E-state index in [1.165, 1.54) is 0 Å². The number of anilines is 1. The molecule has 2 amide bonds. The molecule has 2 aromatic carbocycles. The summed E-state index contributed by atoms with van der Waals surface area (Å²) in [5.74, 6) is 0.176. The van der Waals surface area contributed by atoms with Crippen LogP contribution in [-0.4, -0.2) is 25.0 Å². The second-order valence-corrected chi connectivity index (χ2v) is 5.95. The Hall–Kier alpha value is -2.99. The molecule has 0 bridgehead atoms. The maximum atomic E-state index is 12.3. The van der Waals surface area contributed by atoms with Crippen molar-refractivity contribution in [3.05, 3.63) is 59.3 Å². The molecular formula is C19H17ClN2O4. The van der Waals surface area contributed by atoms with Crippen molar-refractivity contribution >= 4 is 40.1 Å². The Morgan fingerprint density at radius 3 is 2.62 bits per heavy atom. The maximum Gasteiger partial charge on any atom is 0.291 e. The summed E-state index contributed by atoms with van der Waals surface area (Å²) < 4.78 is 10.9. The van der Waals surface area contributed by atoms with E-state index in [0.717, 1.165) is 5.39 Å². The molecule has 0 fully saturated rings. The number of furan rings is 1. The van der Waals surface area contributed by atoms with Crippen molar-refractivity contribution in [1.82, 2.24) is 5.32 Å². The summed E-state index contributed by atoms with van der Waals surface area (Å²) in [7, 11) is 0. The average molecular weight is 373 g/mol. The van der Waals surface area contributed by atoms with Crippen LogP contribution >= 0.6 is 11.6 Å². The molecule has 0 aliphatic rings. The van der Waals surface area contributed by atoms with E-state index in [-0.39, 0.29) is 24.2 Å². The molecule has 0 aliphatic heterocycles. The number of carbonyl (C=O) groups is 2. The summed E-state index contributed by atoms with van der Waals surface area (Å²) in [4.78, 5) is 23.7. The highest BCUT2D eigenvalue weighted by Gasteiger charge is 2.13. The number of carbonyl (C=O) groups excluding carboxylic acids is 2. The van der Waals surface area contributed by atoms with Crippen LogP contribution in [0.25, 0.3) is 11.0 Å². The van der Waals surface area contributed by atoms with E-state index in [9.17, 15) is 9.59 Å². The van der Waals surface area contributed by atoms with Gasteiger partial charge < -0.3 is 19.8 Å². The highest BCUT2D eigenvalue weighted by atomic mass is 35.5. The Bertz CT molecular complexity index is 934. The Morgan fingerprint density at radius 2 is 1.88 bits per heavy atom. The lowest BCUT2D eigenvalue weighted by Gasteiger charge is -2.07. The van der Waals surface area contributed by atoms with Crippen LogP contribution in [0.2, 0.25) is 5.02 Å². The molecule has 0 aliphatic carbocycles. The summed E-state index contributed by atoms with van der Waals surface area (Å²) in [5, 5.41) is 6.73. The van der Waals surface area contributed by atoms with E-state index in [0.29, 0.717) is 28.6 Å². The quantitative estimate of drug-likeness (QED) is 0.688. The van der Waals surface area contributed by atoms with Gasteiger partial charge in [0.2, 0.25) is 0 Å². The average Bonchev–Trinajstić information content (AvgIpc) is 3.04. The first-order valence-corrected chi connectivity index (χ1v) is 8.43. The van der Waals surface area contributed by atoms with E-state index < -0.39 is 0 Å². The smallest absolute Gasteiger partial charge is 0.291 e. The van der Waals surface area contributed by atoms with Crippen LogP contribution in [0.15, 0.2) is 52.9 Å². The summed E-state index contributed by atoms with van der Waals surface area (Å²) >= 11 is 5.94. The van der Waals surface area contributed by atoms with Crippen LogP contribution in [0.1, 0.15) is 17.5 Å². The lowest BCUT2D eigenvalue weighted by Crippen LogP contribution is -2.28. The number of hydrogen-bond donors (Lipinski definition) is 2. The van der Waals surface area contributed by atoms with E-state index in [4.69, 9.17) is 20.8 Å². The highest BCUT2D eigenvalue weighted by molar-refractivity contribution is 6.31. The van der Waals surface area contributed by atoms with Crippen LogP contribution in [0.5, 0.6) is 5.75 Å². The molecule has 7 heteroatoms. The minimum atomic E-state index is -0.367. The molecule has 1 heterocycles. The largest absolute Gasteiger partial charge is 0.484 e. The first-order valence-electron chi connectivity index (χ1n) is 8.05. The SMILES string of the molecule is CCNC(=O)COc1ccc(NC(=O)c2cc3cc(Cl)ccc3o2)cc1. The lowest BCUT2D eigenvalue weighted by atomic mass is 10.2. The Morgan fingerprint density at radius 1 is 1.12 bits per heavy atom. The molecule has 3 aromatic rings. The number of ether oxygens (including phenoxy) is 1. The topological polar surface area (TPSA) is 80.6 Å². The molecule has 0 atom stereocenters. The molecular weight excluding hydrogens is 356 g/mol. The van der Waals surface area contributed by atoms with Gasteiger partial charge in [0.1, 0.15) is 11.3 Å². The number of amides is 2. The lowest BCUT2D eigenvalue weighted by molar-refractivity contribution is -0.122. The van der Waals surface area contributed by atoms with E-state index in [2.05, 4.69) is 10.6 Å². The predicted octanol–water partition coefficient (Wildman–Crippen LogP) is 3.85. The second kappa shape index (κ2) is 7.93. The third kappa shape index (κ3) is 4.34. The number of benzene rings is 2. The first-order chi connectivity index (χ1) is 12.5. The first kappa shape index (κ1) is 17.8. The highest BCUT2D eigenvalue weighted by Crippen LogP contribution is 2.24. The van der Waals surface area contributed by atoms with Crippen LogP contribution < -0.4 is 15.4 Å². The molecule has 134 valence electrons. The van der Waals surface area contributed by atoms with Crippen molar-refractivity contribution < 1.29 is 18.7 Å². The molecule has 0 saturated heterocycles. The number of fused-ring (bicyclic) bond motifs is 1. The normalized spacial score (nSPS) is 10.5. The van der Waals surface area contributed by atoms with Gasteiger partial charge in [-0.1, -0.05) is 11.6 Å².